The molecule has 4 heteroatoms. The van der Waals surface area contributed by atoms with Crippen molar-refractivity contribution < 1.29 is 0 Å². The zero-order chi connectivity index (χ0) is 14.1. The van der Waals surface area contributed by atoms with Crippen LogP contribution in [0.3, 0.4) is 0 Å². The van der Waals surface area contributed by atoms with Crippen LogP contribution in [0.4, 0.5) is 0 Å². The van der Waals surface area contributed by atoms with Crippen molar-refractivity contribution in [2.24, 2.45) is 5.73 Å². The van der Waals surface area contributed by atoms with Crippen LogP contribution in [-0.2, 0) is 12.8 Å². The first-order valence-electron chi connectivity index (χ1n) is 7.23. The largest absolute Gasteiger partial charge is 0.323 e. The summed E-state index contributed by atoms with van der Waals surface area (Å²) in [7, 11) is 0. The number of aromatic nitrogens is 3. The third-order valence-electron chi connectivity index (χ3n) is 4.16. The van der Waals surface area contributed by atoms with E-state index in [9.17, 15) is 0 Å². The lowest BCUT2D eigenvalue weighted by atomic mass is 9.90. The molecule has 20 heavy (non-hydrogen) atoms. The second kappa shape index (κ2) is 5.29. The Balaban J connectivity index is 1.98. The monoisotopic (exact) mass is 268 g/mol. The molecule has 2 atom stereocenters. The van der Waals surface area contributed by atoms with E-state index >= 15 is 0 Å². The van der Waals surface area contributed by atoms with E-state index < -0.39 is 0 Å². The average molecular weight is 268 g/mol. The van der Waals surface area contributed by atoms with E-state index in [1.807, 2.05) is 19.2 Å². The second-order valence-corrected chi connectivity index (χ2v) is 5.46. The highest BCUT2D eigenvalue weighted by Crippen LogP contribution is 2.39. The minimum absolute atomic E-state index is 0.0460. The van der Waals surface area contributed by atoms with Crippen LogP contribution >= 0.6 is 0 Å². The maximum Gasteiger partial charge on any atom is 0.0676 e. The summed E-state index contributed by atoms with van der Waals surface area (Å²) in [5.74, 6) is 0.292. The van der Waals surface area contributed by atoms with Gasteiger partial charge in [-0.3, -0.25) is 4.98 Å². The van der Waals surface area contributed by atoms with Gasteiger partial charge in [0.2, 0.25) is 0 Å². The molecule has 2 N–H and O–H groups in total. The van der Waals surface area contributed by atoms with E-state index in [2.05, 4.69) is 34.2 Å². The van der Waals surface area contributed by atoms with Gasteiger partial charge in [0.25, 0.3) is 0 Å². The molecule has 2 aromatic heterocycles. The predicted octanol–water partition coefficient (Wildman–Crippen LogP) is 2.47. The van der Waals surface area contributed by atoms with Crippen LogP contribution in [0.15, 0.2) is 24.4 Å². The number of hydrogen-bond donors (Lipinski definition) is 1. The minimum atomic E-state index is -0.0460. The van der Waals surface area contributed by atoms with Crippen molar-refractivity contribution in [1.82, 2.24) is 15.2 Å². The molecule has 4 nitrogen and oxygen atoms in total. The van der Waals surface area contributed by atoms with Crippen molar-refractivity contribution in [3.8, 4) is 0 Å². The highest BCUT2D eigenvalue weighted by Gasteiger charge is 2.31. The molecule has 2 unspecified atom stereocenters. The predicted molar refractivity (Wildman–Crippen MR) is 78.4 cm³/mol. The first-order chi connectivity index (χ1) is 9.70. The summed E-state index contributed by atoms with van der Waals surface area (Å²) in [5.41, 5.74) is 12.1. The van der Waals surface area contributed by atoms with Crippen LogP contribution in [0.1, 0.15) is 53.5 Å². The van der Waals surface area contributed by atoms with Crippen molar-refractivity contribution in [2.45, 2.75) is 45.1 Å². The number of fused-ring (bicyclic) bond motifs is 1. The topological polar surface area (TPSA) is 64.7 Å². The molecule has 0 amide bonds. The molecular weight excluding hydrogens is 248 g/mol. The summed E-state index contributed by atoms with van der Waals surface area (Å²) in [6.07, 6.45) is 4.86. The van der Waals surface area contributed by atoms with E-state index in [1.54, 1.807) is 0 Å². The molecule has 3 rings (SSSR count). The van der Waals surface area contributed by atoms with Crippen molar-refractivity contribution in [2.75, 3.05) is 0 Å². The third kappa shape index (κ3) is 2.20. The second-order valence-electron chi connectivity index (χ2n) is 5.46. The summed E-state index contributed by atoms with van der Waals surface area (Å²) in [5, 5.41) is 8.44. The van der Waals surface area contributed by atoms with Gasteiger partial charge in [-0.2, -0.15) is 10.2 Å². The number of nitrogens with two attached hydrogens (primary N) is 1. The Bertz CT molecular complexity index is 624. The lowest BCUT2D eigenvalue weighted by Gasteiger charge is -2.21. The highest BCUT2D eigenvalue weighted by molar-refractivity contribution is 5.34. The molecule has 104 valence electrons. The normalized spacial score (nSPS) is 18.9. The zero-order valence-electron chi connectivity index (χ0n) is 12.0. The molecule has 0 aliphatic heterocycles. The summed E-state index contributed by atoms with van der Waals surface area (Å²) in [4.78, 5) is 4.55. The Hall–Kier alpha value is -1.81. The fourth-order valence-corrected chi connectivity index (χ4v) is 3.11. The Morgan fingerprint density at radius 2 is 2.25 bits per heavy atom. The fourth-order valence-electron chi connectivity index (χ4n) is 3.11. The molecule has 0 bridgehead atoms. The van der Waals surface area contributed by atoms with Crippen LogP contribution in [0.2, 0.25) is 0 Å². The number of nitrogens with zero attached hydrogens (tertiary/aromatic N) is 3. The maximum absolute atomic E-state index is 6.55. The van der Waals surface area contributed by atoms with Crippen molar-refractivity contribution in [3.05, 3.63) is 52.6 Å². The van der Waals surface area contributed by atoms with E-state index in [-0.39, 0.29) is 6.04 Å². The van der Waals surface area contributed by atoms with E-state index in [4.69, 9.17) is 5.73 Å². The van der Waals surface area contributed by atoms with Gasteiger partial charge in [0.1, 0.15) is 0 Å². The first kappa shape index (κ1) is 13.2. The maximum atomic E-state index is 6.55. The molecule has 0 saturated carbocycles. The SMILES string of the molecule is CCc1nnc(C)cc1C(N)C1CCc2cccnc21. The van der Waals surface area contributed by atoms with Crippen LogP contribution in [0, 0.1) is 6.92 Å². The molecule has 1 aliphatic carbocycles. The number of rotatable bonds is 3. The van der Waals surface area contributed by atoms with Gasteiger partial charge in [0.05, 0.1) is 11.4 Å². The number of pyridine rings is 1. The Kier molecular flexibility index (Phi) is 3.49. The number of hydrogen-bond acceptors (Lipinski definition) is 4. The molecular formula is C16H20N4. The van der Waals surface area contributed by atoms with E-state index in [0.717, 1.165) is 41.9 Å². The van der Waals surface area contributed by atoms with Crippen LogP contribution in [0.5, 0.6) is 0 Å². The van der Waals surface area contributed by atoms with Gasteiger partial charge >= 0.3 is 0 Å². The summed E-state index contributed by atoms with van der Waals surface area (Å²) < 4.78 is 0. The van der Waals surface area contributed by atoms with Gasteiger partial charge in [-0.05, 0) is 49.4 Å². The summed E-state index contributed by atoms with van der Waals surface area (Å²) in [6, 6.07) is 6.20. The summed E-state index contributed by atoms with van der Waals surface area (Å²) >= 11 is 0. The zero-order valence-corrected chi connectivity index (χ0v) is 12.0. The van der Waals surface area contributed by atoms with Crippen LogP contribution in [0.25, 0.3) is 0 Å². The molecule has 2 heterocycles. The minimum Gasteiger partial charge on any atom is -0.323 e. The smallest absolute Gasteiger partial charge is 0.0676 e. The van der Waals surface area contributed by atoms with Crippen molar-refractivity contribution in [1.29, 1.82) is 0 Å². The van der Waals surface area contributed by atoms with Crippen LogP contribution < -0.4 is 5.73 Å². The molecule has 0 spiro atoms. The average Bonchev–Trinajstić information content (AvgIpc) is 2.90. The Morgan fingerprint density at radius 1 is 1.40 bits per heavy atom. The third-order valence-corrected chi connectivity index (χ3v) is 4.16. The lowest BCUT2D eigenvalue weighted by molar-refractivity contribution is 0.533. The molecule has 0 saturated heterocycles. The van der Waals surface area contributed by atoms with Gasteiger partial charge in [-0.1, -0.05) is 13.0 Å². The Morgan fingerprint density at radius 3 is 3.05 bits per heavy atom. The van der Waals surface area contributed by atoms with Gasteiger partial charge in [-0.15, -0.1) is 0 Å². The van der Waals surface area contributed by atoms with Crippen molar-refractivity contribution >= 4 is 0 Å². The molecule has 0 fully saturated rings. The van der Waals surface area contributed by atoms with E-state index in [0.29, 0.717) is 5.92 Å². The van der Waals surface area contributed by atoms with Gasteiger partial charge in [0, 0.05) is 23.9 Å². The standard InChI is InChI=1S/C16H20N4/c1-3-14-13(9-10(2)19-20-14)15(17)12-7-6-11-5-4-8-18-16(11)12/h4-5,8-9,12,15H,3,6-7,17H2,1-2H3. The van der Waals surface area contributed by atoms with Crippen LogP contribution in [-0.4, -0.2) is 15.2 Å². The molecule has 1 aliphatic rings. The van der Waals surface area contributed by atoms with Crippen molar-refractivity contribution in [3.63, 3.8) is 0 Å². The molecule has 0 aromatic carbocycles. The number of aryl methyl sites for hydroxylation is 3. The van der Waals surface area contributed by atoms with Gasteiger partial charge in [0.15, 0.2) is 0 Å². The molecule has 2 aromatic rings. The summed E-state index contributed by atoms with van der Waals surface area (Å²) in [6.45, 7) is 4.06. The molecule has 0 radical (unpaired) electrons. The quantitative estimate of drug-likeness (QED) is 0.928. The Labute approximate surface area is 119 Å². The first-order valence-corrected chi connectivity index (χ1v) is 7.23. The fraction of sp³-hybridized carbons (Fsp3) is 0.438. The van der Waals surface area contributed by atoms with Gasteiger partial charge < -0.3 is 5.73 Å². The van der Waals surface area contributed by atoms with E-state index in [1.165, 1.54) is 5.56 Å². The van der Waals surface area contributed by atoms with Gasteiger partial charge in [-0.25, -0.2) is 0 Å². The lowest BCUT2D eigenvalue weighted by Crippen LogP contribution is -2.21. The highest BCUT2D eigenvalue weighted by atomic mass is 15.1.